The largest absolute Gasteiger partial charge is 0.324 e. The van der Waals surface area contributed by atoms with Crippen LogP contribution in [0.15, 0.2) is 18.2 Å². The SMILES string of the molecule is CCN1CC(CCCl)N(c2c(C)cccc2C)C1=O. The number of carbonyl (C=O) groups excluding carboxylic acids is 1. The zero-order valence-electron chi connectivity index (χ0n) is 11.8. The molecule has 1 aliphatic heterocycles. The van der Waals surface area contributed by atoms with Crippen molar-refractivity contribution in [2.45, 2.75) is 33.2 Å². The second kappa shape index (κ2) is 5.83. The maximum absolute atomic E-state index is 12.5. The Kier molecular flexibility index (Phi) is 4.35. The molecule has 1 heterocycles. The van der Waals surface area contributed by atoms with E-state index in [0.29, 0.717) is 5.88 Å². The van der Waals surface area contributed by atoms with Crippen LogP contribution in [0.2, 0.25) is 0 Å². The zero-order chi connectivity index (χ0) is 14.0. The Hall–Kier alpha value is -1.22. The lowest BCUT2D eigenvalue weighted by Gasteiger charge is -2.26. The topological polar surface area (TPSA) is 23.6 Å². The Bertz CT molecular complexity index is 455. The Labute approximate surface area is 120 Å². The van der Waals surface area contributed by atoms with Crippen LogP contribution < -0.4 is 4.90 Å². The van der Waals surface area contributed by atoms with Gasteiger partial charge in [-0.25, -0.2) is 4.79 Å². The van der Waals surface area contributed by atoms with Crippen molar-refractivity contribution in [3.8, 4) is 0 Å². The van der Waals surface area contributed by atoms with Crippen molar-refractivity contribution < 1.29 is 4.79 Å². The Morgan fingerprint density at radius 1 is 1.32 bits per heavy atom. The number of aryl methyl sites for hydroxylation is 2. The molecule has 1 aliphatic rings. The Morgan fingerprint density at radius 3 is 2.47 bits per heavy atom. The van der Waals surface area contributed by atoms with Crippen LogP contribution in [0.3, 0.4) is 0 Å². The molecule has 2 amide bonds. The summed E-state index contributed by atoms with van der Waals surface area (Å²) in [7, 11) is 0. The summed E-state index contributed by atoms with van der Waals surface area (Å²) in [4.78, 5) is 16.4. The number of anilines is 1. The molecule has 4 heteroatoms. The van der Waals surface area contributed by atoms with E-state index < -0.39 is 0 Å². The molecule has 0 aliphatic carbocycles. The molecule has 1 aromatic rings. The zero-order valence-corrected chi connectivity index (χ0v) is 12.6. The highest BCUT2D eigenvalue weighted by Gasteiger charge is 2.37. The minimum Gasteiger partial charge on any atom is -0.323 e. The fourth-order valence-electron chi connectivity index (χ4n) is 2.80. The van der Waals surface area contributed by atoms with Crippen molar-refractivity contribution in [3.63, 3.8) is 0 Å². The van der Waals surface area contributed by atoms with Gasteiger partial charge >= 0.3 is 6.03 Å². The molecule has 1 unspecified atom stereocenters. The number of likely N-dealkylation sites (N-methyl/N-ethyl adjacent to an activating group) is 1. The third-order valence-corrected chi connectivity index (χ3v) is 4.00. The first-order valence-corrected chi connectivity index (χ1v) is 7.34. The van der Waals surface area contributed by atoms with E-state index >= 15 is 0 Å². The highest BCUT2D eigenvalue weighted by Crippen LogP contribution is 2.32. The van der Waals surface area contributed by atoms with E-state index in [0.717, 1.165) is 36.3 Å². The standard InChI is InChI=1S/C15H21ClN2O/c1-4-17-10-13(8-9-16)18(15(17)19)14-11(2)6-5-7-12(14)3/h5-7,13H,4,8-10H2,1-3H3. The molecular weight excluding hydrogens is 260 g/mol. The summed E-state index contributed by atoms with van der Waals surface area (Å²) in [5.74, 6) is 0.580. The van der Waals surface area contributed by atoms with Crippen LogP contribution in [0.5, 0.6) is 0 Å². The van der Waals surface area contributed by atoms with E-state index in [-0.39, 0.29) is 12.1 Å². The molecule has 0 saturated carbocycles. The van der Waals surface area contributed by atoms with Crippen molar-refractivity contribution >= 4 is 23.3 Å². The molecule has 1 saturated heterocycles. The molecular formula is C15H21ClN2O. The fourth-order valence-corrected chi connectivity index (χ4v) is 3.05. The monoisotopic (exact) mass is 280 g/mol. The van der Waals surface area contributed by atoms with Crippen molar-refractivity contribution in [1.82, 2.24) is 4.90 Å². The van der Waals surface area contributed by atoms with Crippen molar-refractivity contribution in [2.75, 3.05) is 23.9 Å². The highest BCUT2D eigenvalue weighted by atomic mass is 35.5. The van der Waals surface area contributed by atoms with Crippen LogP contribution in [0.1, 0.15) is 24.5 Å². The summed E-state index contributed by atoms with van der Waals surface area (Å²) in [6.45, 7) is 7.66. The number of amides is 2. The number of halogens is 1. The van der Waals surface area contributed by atoms with Crippen molar-refractivity contribution in [1.29, 1.82) is 0 Å². The number of carbonyl (C=O) groups is 1. The lowest BCUT2D eigenvalue weighted by molar-refractivity contribution is 0.223. The van der Waals surface area contributed by atoms with Gasteiger partial charge in [-0.1, -0.05) is 18.2 Å². The molecule has 1 atom stereocenters. The van der Waals surface area contributed by atoms with E-state index in [1.165, 1.54) is 0 Å². The van der Waals surface area contributed by atoms with Crippen LogP contribution in [0, 0.1) is 13.8 Å². The number of hydrogen-bond donors (Lipinski definition) is 0. The summed E-state index contributed by atoms with van der Waals surface area (Å²) < 4.78 is 0. The number of urea groups is 1. The van der Waals surface area contributed by atoms with E-state index in [1.54, 1.807) is 0 Å². The first kappa shape index (κ1) is 14.2. The Morgan fingerprint density at radius 2 is 1.95 bits per heavy atom. The van der Waals surface area contributed by atoms with Crippen LogP contribution >= 0.6 is 11.6 Å². The summed E-state index contributed by atoms with van der Waals surface area (Å²) in [6.07, 6.45) is 0.831. The molecule has 0 radical (unpaired) electrons. The van der Waals surface area contributed by atoms with Crippen LogP contribution in [0.25, 0.3) is 0 Å². The molecule has 19 heavy (non-hydrogen) atoms. The minimum atomic E-state index is 0.106. The first-order chi connectivity index (χ1) is 9.10. The van der Waals surface area contributed by atoms with Gasteiger partial charge in [0.2, 0.25) is 0 Å². The number of alkyl halides is 1. The average Bonchev–Trinajstić information content (AvgIpc) is 2.67. The fraction of sp³-hybridized carbons (Fsp3) is 0.533. The van der Waals surface area contributed by atoms with Crippen molar-refractivity contribution in [3.05, 3.63) is 29.3 Å². The number of benzene rings is 1. The quantitative estimate of drug-likeness (QED) is 0.774. The summed E-state index contributed by atoms with van der Waals surface area (Å²) in [5.41, 5.74) is 3.34. The van der Waals surface area contributed by atoms with Gasteiger partial charge in [0.15, 0.2) is 0 Å². The second-order valence-corrected chi connectivity index (χ2v) is 5.44. The summed E-state index contributed by atoms with van der Waals surface area (Å²) in [5, 5.41) is 0. The van der Waals surface area contributed by atoms with Crippen LogP contribution in [-0.4, -0.2) is 35.9 Å². The van der Waals surface area contributed by atoms with E-state index in [1.807, 2.05) is 22.8 Å². The number of para-hydroxylation sites is 1. The van der Waals surface area contributed by atoms with Gasteiger partial charge in [0.05, 0.1) is 11.7 Å². The lowest BCUT2D eigenvalue weighted by Crippen LogP contribution is -2.36. The van der Waals surface area contributed by atoms with E-state index in [4.69, 9.17) is 11.6 Å². The number of hydrogen-bond acceptors (Lipinski definition) is 1. The molecule has 1 aromatic carbocycles. The maximum Gasteiger partial charge on any atom is 0.324 e. The molecule has 1 fully saturated rings. The van der Waals surface area contributed by atoms with Gasteiger partial charge in [-0.2, -0.15) is 0 Å². The normalized spacial score (nSPS) is 19.4. The molecule has 0 aromatic heterocycles. The highest BCUT2D eigenvalue weighted by molar-refractivity contribution is 6.18. The number of rotatable bonds is 4. The third kappa shape index (κ3) is 2.57. The molecule has 0 bridgehead atoms. The van der Waals surface area contributed by atoms with Crippen LogP contribution in [0.4, 0.5) is 10.5 Å². The molecule has 2 rings (SSSR count). The van der Waals surface area contributed by atoms with Crippen molar-refractivity contribution in [2.24, 2.45) is 0 Å². The van der Waals surface area contributed by atoms with E-state index in [9.17, 15) is 4.79 Å². The van der Waals surface area contributed by atoms with Gasteiger partial charge in [0.25, 0.3) is 0 Å². The molecule has 3 nitrogen and oxygen atoms in total. The lowest BCUT2D eigenvalue weighted by atomic mass is 10.1. The first-order valence-electron chi connectivity index (χ1n) is 6.80. The predicted molar refractivity (Wildman–Crippen MR) is 80.2 cm³/mol. The van der Waals surface area contributed by atoms with Gasteiger partial charge in [0.1, 0.15) is 0 Å². The van der Waals surface area contributed by atoms with Gasteiger partial charge in [-0.05, 0) is 38.3 Å². The third-order valence-electron chi connectivity index (χ3n) is 3.78. The second-order valence-electron chi connectivity index (χ2n) is 5.06. The predicted octanol–water partition coefficient (Wildman–Crippen LogP) is 3.56. The van der Waals surface area contributed by atoms with Gasteiger partial charge in [0, 0.05) is 19.0 Å². The molecule has 0 spiro atoms. The van der Waals surface area contributed by atoms with Crippen LogP contribution in [-0.2, 0) is 0 Å². The smallest absolute Gasteiger partial charge is 0.323 e. The molecule has 104 valence electrons. The minimum absolute atomic E-state index is 0.106. The average molecular weight is 281 g/mol. The molecule has 0 N–H and O–H groups in total. The van der Waals surface area contributed by atoms with Gasteiger partial charge in [-0.3, -0.25) is 4.90 Å². The Balaban J connectivity index is 2.42. The summed E-state index contributed by atoms with van der Waals surface area (Å²) in [6, 6.07) is 6.44. The van der Waals surface area contributed by atoms with Gasteiger partial charge < -0.3 is 4.90 Å². The maximum atomic E-state index is 12.5. The van der Waals surface area contributed by atoms with E-state index in [2.05, 4.69) is 26.0 Å². The number of nitrogens with zero attached hydrogens (tertiary/aromatic N) is 2. The summed E-state index contributed by atoms with van der Waals surface area (Å²) >= 11 is 5.90. The van der Waals surface area contributed by atoms with Gasteiger partial charge in [-0.15, -0.1) is 11.6 Å².